The van der Waals surface area contributed by atoms with Crippen LogP contribution in [-0.2, 0) is 15.6 Å². The zero-order valence-electron chi connectivity index (χ0n) is 9.06. The molecule has 2 aromatic rings. The van der Waals surface area contributed by atoms with Crippen molar-refractivity contribution in [2.75, 3.05) is 5.73 Å². The Balaban J connectivity index is 2.36. The Morgan fingerprint density at radius 1 is 1.28 bits per heavy atom. The highest BCUT2D eigenvalue weighted by Crippen LogP contribution is 2.26. The first-order valence-electron chi connectivity index (χ1n) is 4.90. The first kappa shape index (κ1) is 13.3. The van der Waals surface area contributed by atoms with Crippen LogP contribution in [0.15, 0.2) is 35.2 Å². The summed E-state index contributed by atoms with van der Waals surface area (Å²) in [5.74, 6) is -0.884. The summed E-state index contributed by atoms with van der Waals surface area (Å²) in [6.07, 6.45) is 0. The molecule has 0 bridgehead atoms. The number of anilines is 1. The molecular weight excluding hydrogens is 297 g/mol. The summed E-state index contributed by atoms with van der Waals surface area (Å²) in [6, 6.07) is 6.53. The second kappa shape index (κ2) is 4.87. The second-order valence-electron chi connectivity index (χ2n) is 3.69. The Bertz CT molecular complexity index is 662. The van der Waals surface area contributed by atoms with Crippen molar-refractivity contribution in [3.8, 4) is 0 Å². The van der Waals surface area contributed by atoms with Gasteiger partial charge >= 0.3 is 0 Å². The molecule has 18 heavy (non-hydrogen) atoms. The molecule has 7 heteroatoms. The van der Waals surface area contributed by atoms with Gasteiger partial charge in [-0.3, -0.25) is 0 Å². The van der Waals surface area contributed by atoms with E-state index >= 15 is 0 Å². The first-order chi connectivity index (χ1) is 8.37. The SMILES string of the molecule is Nc1cc(F)cc(S(=O)(=O)Cc2ccc(Cl)s2)c1. The van der Waals surface area contributed by atoms with Gasteiger partial charge in [0.1, 0.15) is 5.82 Å². The van der Waals surface area contributed by atoms with Crippen LogP contribution in [0.2, 0.25) is 4.34 Å². The smallest absolute Gasteiger partial charge is 0.183 e. The molecule has 0 amide bonds. The zero-order chi connectivity index (χ0) is 13.3. The van der Waals surface area contributed by atoms with E-state index < -0.39 is 15.7 Å². The van der Waals surface area contributed by atoms with Gasteiger partial charge in [-0.05, 0) is 30.3 Å². The molecular formula is C11H9ClFNO2S2. The van der Waals surface area contributed by atoms with E-state index in [4.69, 9.17) is 17.3 Å². The minimum absolute atomic E-state index is 0.0813. The first-order valence-corrected chi connectivity index (χ1v) is 7.74. The lowest BCUT2D eigenvalue weighted by molar-refractivity contribution is 0.590. The highest BCUT2D eigenvalue weighted by molar-refractivity contribution is 7.90. The number of benzene rings is 1. The molecule has 2 rings (SSSR count). The van der Waals surface area contributed by atoms with Gasteiger partial charge in [0.05, 0.1) is 15.0 Å². The van der Waals surface area contributed by atoms with Crippen LogP contribution in [-0.4, -0.2) is 8.42 Å². The fourth-order valence-electron chi connectivity index (χ4n) is 1.46. The summed E-state index contributed by atoms with van der Waals surface area (Å²) in [5, 5.41) is 0. The van der Waals surface area contributed by atoms with Gasteiger partial charge in [-0.2, -0.15) is 0 Å². The standard InChI is InChI=1S/C11H9ClFNO2S2/c12-11-2-1-9(17-11)6-18(15,16)10-4-7(13)3-8(14)5-10/h1-5H,6,14H2. The quantitative estimate of drug-likeness (QED) is 0.886. The molecule has 96 valence electrons. The van der Waals surface area contributed by atoms with Crippen molar-refractivity contribution in [2.45, 2.75) is 10.6 Å². The maximum atomic E-state index is 13.1. The maximum Gasteiger partial charge on any atom is 0.183 e. The van der Waals surface area contributed by atoms with E-state index in [-0.39, 0.29) is 16.3 Å². The molecule has 2 N–H and O–H groups in total. The fraction of sp³-hybridized carbons (Fsp3) is 0.0909. The van der Waals surface area contributed by atoms with Gasteiger partial charge in [-0.1, -0.05) is 11.6 Å². The van der Waals surface area contributed by atoms with Crippen molar-refractivity contribution in [2.24, 2.45) is 0 Å². The Morgan fingerprint density at radius 3 is 2.56 bits per heavy atom. The molecule has 0 saturated carbocycles. The molecule has 3 nitrogen and oxygen atoms in total. The van der Waals surface area contributed by atoms with Crippen molar-refractivity contribution in [3.63, 3.8) is 0 Å². The van der Waals surface area contributed by atoms with Gasteiger partial charge < -0.3 is 5.73 Å². The van der Waals surface area contributed by atoms with Gasteiger partial charge in [0.15, 0.2) is 9.84 Å². The number of rotatable bonds is 3. The van der Waals surface area contributed by atoms with Gasteiger partial charge in [0.25, 0.3) is 0 Å². The molecule has 1 heterocycles. The average Bonchev–Trinajstić information content (AvgIpc) is 2.61. The van der Waals surface area contributed by atoms with Crippen molar-refractivity contribution < 1.29 is 12.8 Å². The van der Waals surface area contributed by atoms with E-state index in [9.17, 15) is 12.8 Å². The Labute approximate surface area is 113 Å². The number of halogens is 2. The summed E-state index contributed by atoms with van der Waals surface area (Å²) < 4.78 is 37.8. The normalized spacial score (nSPS) is 11.7. The number of hydrogen-bond acceptors (Lipinski definition) is 4. The Kier molecular flexibility index (Phi) is 3.61. The third-order valence-electron chi connectivity index (χ3n) is 2.21. The van der Waals surface area contributed by atoms with Gasteiger partial charge in [0, 0.05) is 10.6 Å². The van der Waals surface area contributed by atoms with Crippen LogP contribution in [0.25, 0.3) is 0 Å². The van der Waals surface area contributed by atoms with E-state index in [2.05, 4.69) is 0 Å². The van der Waals surface area contributed by atoms with Crippen LogP contribution in [0.1, 0.15) is 4.88 Å². The topological polar surface area (TPSA) is 60.2 Å². The summed E-state index contributed by atoms with van der Waals surface area (Å²) in [7, 11) is -3.61. The second-order valence-corrected chi connectivity index (χ2v) is 7.47. The number of hydrogen-bond donors (Lipinski definition) is 1. The third-order valence-corrected chi connectivity index (χ3v) is 5.27. The van der Waals surface area contributed by atoms with Crippen LogP contribution in [0.5, 0.6) is 0 Å². The van der Waals surface area contributed by atoms with Crippen molar-refractivity contribution in [1.29, 1.82) is 0 Å². The summed E-state index contributed by atoms with van der Waals surface area (Å²) >= 11 is 6.91. The number of nitrogen functional groups attached to an aromatic ring is 1. The van der Waals surface area contributed by atoms with Crippen molar-refractivity contribution >= 4 is 38.5 Å². The van der Waals surface area contributed by atoms with E-state index in [0.29, 0.717) is 9.21 Å². The Morgan fingerprint density at radius 2 is 2.00 bits per heavy atom. The summed E-state index contributed by atoms with van der Waals surface area (Å²) in [4.78, 5) is 0.479. The molecule has 0 fully saturated rings. The lowest BCUT2D eigenvalue weighted by Crippen LogP contribution is -2.05. The van der Waals surface area contributed by atoms with E-state index in [1.807, 2.05) is 0 Å². The Hall–Kier alpha value is -1.11. The number of nitrogens with two attached hydrogens (primary N) is 1. The molecule has 1 aromatic heterocycles. The largest absolute Gasteiger partial charge is 0.399 e. The lowest BCUT2D eigenvalue weighted by atomic mass is 10.3. The minimum atomic E-state index is -3.61. The van der Waals surface area contributed by atoms with Crippen LogP contribution in [0.3, 0.4) is 0 Å². The molecule has 0 aliphatic heterocycles. The van der Waals surface area contributed by atoms with Gasteiger partial charge in [-0.25, -0.2) is 12.8 Å². The molecule has 0 atom stereocenters. The van der Waals surface area contributed by atoms with Crippen LogP contribution in [0.4, 0.5) is 10.1 Å². The van der Waals surface area contributed by atoms with E-state index in [1.54, 1.807) is 12.1 Å². The van der Waals surface area contributed by atoms with Crippen LogP contribution >= 0.6 is 22.9 Å². The average molecular weight is 306 g/mol. The molecule has 0 unspecified atom stereocenters. The molecule has 1 aromatic carbocycles. The van der Waals surface area contributed by atoms with Crippen LogP contribution < -0.4 is 5.73 Å². The summed E-state index contributed by atoms with van der Waals surface area (Å²) in [6.45, 7) is 0. The minimum Gasteiger partial charge on any atom is -0.399 e. The number of sulfone groups is 1. The predicted molar refractivity (Wildman–Crippen MR) is 71.0 cm³/mol. The molecule has 0 aliphatic carbocycles. The lowest BCUT2D eigenvalue weighted by Gasteiger charge is -2.04. The molecule has 0 aliphatic rings. The van der Waals surface area contributed by atoms with Gasteiger partial charge in [-0.15, -0.1) is 11.3 Å². The molecule has 0 radical (unpaired) electrons. The highest BCUT2D eigenvalue weighted by atomic mass is 35.5. The third kappa shape index (κ3) is 3.01. The highest BCUT2D eigenvalue weighted by Gasteiger charge is 2.18. The fourth-order valence-corrected chi connectivity index (χ4v) is 4.29. The van der Waals surface area contributed by atoms with Crippen LogP contribution in [0, 0.1) is 5.82 Å². The van der Waals surface area contributed by atoms with E-state index in [0.717, 1.165) is 12.1 Å². The molecule has 0 saturated heterocycles. The van der Waals surface area contributed by atoms with E-state index in [1.165, 1.54) is 17.4 Å². The van der Waals surface area contributed by atoms with Gasteiger partial charge in [0.2, 0.25) is 0 Å². The summed E-state index contributed by atoms with van der Waals surface area (Å²) in [5.41, 5.74) is 5.51. The molecule has 0 spiro atoms. The number of thiophene rings is 1. The zero-order valence-corrected chi connectivity index (χ0v) is 11.4. The maximum absolute atomic E-state index is 13.1. The monoisotopic (exact) mass is 305 g/mol. The van der Waals surface area contributed by atoms with Crippen molar-refractivity contribution in [3.05, 3.63) is 45.4 Å². The van der Waals surface area contributed by atoms with Crippen molar-refractivity contribution in [1.82, 2.24) is 0 Å². The predicted octanol–water partition coefficient (Wildman–Crippen LogP) is 3.10.